The Morgan fingerprint density at radius 3 is 2.44 bits per heavy atom. The zero-order valence-corrected chi connectivity index (χ0v) is 10.1. The summed E-state index contributed by atoms with van der Waals surface area (Å²) in [7, 11) is 1.44. The van der Waals surface area contributed by atoms with Crippen LogP contribution in [0.25, 0.3) is 0 Å². The normalized spacial score (nSPS) is 9.61. The van der Waals surface area contributed by atoms with E-state index >= 15 is 0 Å². The number of rotatable bonds is 6. The molecule has 1 rings (SSSR count). The highest BCUT2D eigenvalue weighted by Crippen LogP contribution is 2.07. The smallest absolute Gasteiger partial charge is 0.410 e. The minimum Gasteiger partial charge on any atom is -0.410 e. The lowest BCUT2D eigenvalue weighted by Crippen LogP contribution is -2.37. The van der Waals surface area contributed by atoms with Crippen LogP contribution in [-0.2, 0) is 9.53 Å². The maximum atomic E-state index is 11.3. The summed E-state index contributed by atoms with van der Waals surface area (Å²) >= 11 is 0. The number of methoxy groups -OCH3 is 1. The summed E-state index contributed by atoms with van der Waals surface area (Å²) in [5.41, 5.74) is 0. The van der Waals surface area contributed by atoms with Crippen molar-refractivity contribution < 1.29 is 19.1 Å². The van der Waals surface area contributed by atoms with Crippen LogP contribution >= 0.6 is 0 Å². The number of ether oxygens (including phenoxy) is 2. The molecule has 18 heavy (non-hydrogen) atoms. The van der Waals surface area contributed by atoms with Crippen LogP contribution in [0, 0.1) is 0 Å². The molecular formula is C12H16N2O4. The first-order valence-electron chi connectivity index (χ1n) is 5.48. The highest BCUT2D eigenvalue weighted by Gasteiger charge is 2.03. The average molecular weight is 252 g/mol. The van der Waals surface area contributed by atoms with E-state index in [1.54, 1.807) is 24.3 Å². The summed E-state index contributed by atoms with van der Waals surface area (Å²) in [5.74, 6) is 0.245. The van der Waals surface area contributed by atoms with Crippen LogP contribution < -0.4 is 15.4 Å². The van der Waals surface area contributed by atoms with Gasteiger partial charge in [-0.15, -0.1) is 0 Å². The van der Waals surface area contributed by atoms with Gasteiger partial charge in [-0.2, -0.15) is 0 Å². The molecule has 0 saturated carbocycles. The zero-order valence-electron chi connectivity index (χ0n) is 10.1. The van der Waals surface area contributed by atoms with Gasteiger partial charge in [0.05, 0.1) is 0 Å². The number of hydrogen-bond acceptors (Lipinski definition) is 4. The van der Waals surface area contributed by atoms with Crippen molar-refractivity contribution in [2.75, 3.05) is 26.8 Å². The van der Waals surface area contributed by atoms with Gasteiger partial charge >= 0.3 is 6.09 Å². The third-order valence-corrected chi connectivity index (χ3v) is 1.95. The molecule has 1 aromatic carbocycles. The van der Waals surface area contributed by atoms with Gasteiger partial charge in [0, 0.05) is 20.2 Å². The fourth-order valence-corrected chi connectivity index (χ4v) is 1.18. The second-order valence-electron chi connectivity index (χ2n) is 3.41. The second-order valence-corrected chi connectivity index (χ2v) is 3.41. The lowest BCUT2D eigenvalue weighted by molar-refractivity contribution is -0.124. The van der Waals surface area contributed by atoms with E-state index in [2.05, 4.69) is 15.4 Å². The minimum atomic E-state index is -0.554. The Kier molecular flexibility index (Phi) is 6.27. The predicted molar refractivity (Wildman–Crippen MR) is 65.4 cm³/mol. The molecule has 0 fully saturated rings. The van der Waals surface area contributed by atoms with Crippen LogP contribution in [0.2, 0.25) is 0 Å². The van der Waals surface area contributed by atoms with Gasteiger partial charge in [0.2, 0.25) is 5.91 Å². The number of para-hydroxylation sites is 1. The second kappa shape index (κ2) is 8.08. The Balaban J connectivity index is 2.12. The molecular weight excluding hydrogens is 236 g/mol. The summed E-state index contributed by atoms with van der Waals surface area (Å²) in [4.78, 5) is 22.3. The minimum absolute atomic E-state index is 0.00839. The third-order valence-electron chi connectivity index (χ3n) is 1.95. The molecule has 2 N–H and O–H groups in total. The van der Waals surface area contributed by atoms with Crippen molar-refractivity contribution in [1.29, 1.82) is 0 Å². The maximum absolute atomic E-state index is 11.3. The maximum Gasteiger partial charge on any atom is 0.412 e. The zero-order chi connectivity index (χ0) is 13.2. The van der Waals surface area contributed by atoms with Gasteiger partial charge in [0.15, 0.2) is 0 Å². The Morgan fingerprint density at radius 2 is 1.78 bits per heavy atom. The lowest BCUT2D eigenvalue weighted by atomic mass is 10.3. The van der Waals surface area contributed by atoms with E-state index in [-0.39, 0.29) is 12.5 Å². The average Bonchev–Trinajstić information content (AvgIpc) is 2.36. The van der Waals surface area contributed by atoms with E-state index < -0.39 is 6.09 Å². The largest absolute Gasteiger partial charge is 0.412 e. The van der Waals surface area contributed by atoms with Crippen molar-refractivity contribution in [1.82, 2.24) is 10.6 Å². The molecule has 0 spiro atoms. The molecule has 98 valence electrons. The number of amides is 2. The molecule has 0 atom stereocenters. The fraction of sp³-hybridized carbons (Fsp3) is 0.333. The van der Waals surface area contributed by atoms with Crippen LogP contribution in [0.15, 0.2) is 30.3 Å². The topological polar surface area (TPSA) is 76.7 Å². The first-order valence-corrected chi connectivity index (χ1v) is 5.48. The molecule has 0 radical (unpaired) electrons. The van der Waals surface area contributed by atoms with E-state index in [1.807, 2.05) is 6.07 Å². The SMILES string of the molecule is COCC(=O)NCCNC(=O)Oc1ccccc1. The highest BCUT2D eigenvalue weighted by atomic mass is 16.6. The fourth-order valence-electron chi connectivity index (χ4n) is 1.18. The van der Waals surface area contributed by atoms with E-state index in [0.29, 0.717) is 18.8 Å². The van der Waals surface area contributed by atoms with E-state index in [9.17, 15) is 9.59 Å². The number of nitrogens with one attached hydrogen (secondary N) is 2. The summed E-state index contributed by atoms with van der Waals surface area (Å²) in [5, 5.41) is 5.08. The monoisotopic (exact) mass is 252 g/mol. The molecule has 0 aliphatic heterocycles. The van der Waals surface area contributed by atoms with E-state index in [0.717, 1.165) is 0 Å². The third kappa shape index (κ3) is 5.86. The van der Waals surface area contributed by atoms with Crippen molar-refractivity contribution in [2.45, 2.75) is 0 Å². The van der Waals surface area contributed by atoms with Gasteiger partial charge in [-0.05, 0) is 12.1 Å². The molecule has 0 aromatic heterocycles. The Bertz CT molecular complexity index is 381. The number of benzene rings is 1. The molecule has 0 unspecified atom stereocenters. The number of carbonyl (C=O) groups excluding carboxylic acids is 2. The van der Waals surface area contributed by atoms with Crippen molar-refractivity contribution in [3.05, 3.63) is 30.3 Å². The predicted octanol–water partition coefficient (Wildman–Crippen LogP) is 0.538. The molecule has 0 aliphatic carbocycles. The van der Waals surface area contributed by atoms with Crippen molar-refractivity contribution in [3.63, 3.8) is 0 Å². The standard InChI is InChI=1S/C12H16N2O4/c1-17-9-11(15)13-7-8-14-12(16)18-10-5-3-2-4-6-10/h2-6H,7-9H2,1H3,(H,13,15)(H,14,16). The summed E-state index contributed by atoms with van der Waals surface area (Å²) in [6, 6.07) is 8.73. The number of hydrogen-bond donors (Lipinski definition) is 2. The molecule has 6 nitrogen and oxygen atoms in total. The molecule has 0 bridgehead atoms. The van der Waals surface area contributed by atoms with Crippen molar-refractivity contribution in [2.24, 2.45) is 0 Å². The molecule has 1 aromatic rings. The molecule has 0 aliphatic rings. The number of carbonyl (C=O) groups is 2. The van der Waals surface area contributed by atoms with E-state index in [1.165, 1.54) is 7.11 Å². The van der Waals surface area contributed by atoms with Gasteiger partial charge in [-0.1, -0.05) is 18.2 Å². The summed E-state index contributed by atoms with van der Waals surface area (Å²) in [6.07, 6.45) is -0.554. The summed E-state index contributed by atoms with van der Waals surface area (Å²) < 4.78 is 9.62. The van der Waals surface area contributed by atoms with Crippen LogP contribution in [-0.4, -0.2) is 38.8 Å². The van der Waals surface area contributed by atoms with Gasteiger partial charge in [-0.3, -0.25) is 4.79 Å². The molecule has 6 heteroatoms. The Morgan fingerprint density at radius 1 is 1.11 bits per heavy atom. The Labute approximate surface area is 105 Å². The van der Waals surface area contributed by atoms with Crippen LogP contribution in [0.5, 0.6) is 5.75 Å². The van der Waals surface area contributed by atoms with Gasteiger partial charge in [-0.25, -0.2) is 4.79 Å². The van der Waals surface area contributed by atoms with Crippen LogP contribution in [0.3, 0.4) is 0 Å². The van der Waals surface area contributed by atoms with Gasteiger partial charge < -0.3 is 20.1 Å². The van der Waals surface area contributed by atoms with E-state index in [4.69, 9.17) is 4.74 Å². The van der Waals surface area contributed by atoms with Gasteiger partial charge in [0.1, 0.15) is 12.4 Å². The first-order chi connectivity index (χ1) is 8.72. The highest BCUT2D eigenvalue weighted by molar-refractivity contribution is 5.77. The quantitative estimate of drug-likeness (QED) is 0.724. The van der Waals surface area contributed by atoms with Crippen molar-refractivity contribution >= 4 is 12.0 Å². The molecule has 2 amide bonds. The van der Waals surface area contributed by atoms with Crippen LogP contribution in [0.1, 0.15) is 0 Å². The molecule has 0 saturated heterocycles. The van der Waals surface area contributed by atoms with Crippen LogP contribution in [0.4, 0.5) is 4.79 Å². The van der Waals surface area contributed by atoms with Crippen molar-refractivity contribution in [3.8, 4) is 5.75 Å². The Hall–Kier alpha value is -2.08. The molecule has 0 heterocycles. The van der Waals surface area contributed by atoms with Gasteiger partial charge in [0.25, 0.3) is 0 Å². The first kappa shape index (κ1) is 14.0. The lowest BCUT2D eigenvalue weighted by Gasteiger charge is -2.07. The summed E-state index contributed by atoms with van der Waals surface area (Å²) in [6.45, 7) is 0.627.